The smallest absolute Gasteiger partial charge is 0.253 e. The number of H-pyrrole nitrogens is 5. The van der Waals surface area contributed by atoms with Crippen molar-refractivity contribution >= 4 is 185 Å². The number of anilines is 5. The third kappa shape index (κ3) is 23.8. The van der Waals surface area contributed by atoms with Crippen LogP contribution in [0.5, 0.6) is 0 Å². The van der Waals surface area contributed by atoms with Gasteiger partial charge in [-0.3, -0.25) is 54.8 Å². The molecule has 0 spiro atoms. The van der Waals surface area contributed by atoms with E-state index >= 15 is 0 Å². The summed E-state index contributed by atoms with van der Waals surface area (Å²) in [6.45, 7) is 1.87. The number of carbonyl (C=O) groups is 5. The number of halogens is 10. The molecule has 10 aromatic carbocycles. The lowest BCUT2D eigenvalue weighted by Crippen LogP contribution is -2.48. The molecule has 5 amide bonds. The van der Waals surface area contributed by atoms with Gasteiger partial charge in [0.25, 0.3) is 11.8 Å². The van der Waals surface area contributed by atoms with E-state index in [2.05, 4.69) is 88.2 Å². The Balaban J connectivity index is 0.000000123. The number of ether oxygens (including phenoxy) is 2. The molecule has 136 heavy (non-hydrogen) atoms. The van der Waals surface area contributed by atoms with E-state index in [0.717, 1.165) is 72.9 Å². The van der Waals surface area contributed by atoms with Crippen molar-refractivity contribution in [2.75, 3.05) is 58.0 Å². The highest BCUT2D eigenvalue weighted by molar-refractivity contribution is 7.99. The molecule has 5 aliphatic rings. The Labute approximate surface area is 774 Å². The number of fused-ring (bicyclic) bond motifs is 5. The van der Waals surface area contributed by atoms with Gasteiger partial charge < -0.3 is 47.1 Å². The van der Waals surface area contributed by atoms with Crippen molar-refractivity contribution < 1.29 is 77.4 Å². The molecule has 4 atom stereocenters. The summed E-state index contributed by atoms with van der Waals surface area (Å²) in [5, 5.41) is 57.4. The Morgan fingerprint density at radius 1 is 0.338 bits per heavy atom. The van der Waals surface area contributed by atoms with E-state index in [9.17, 15) is 67.9 Å². The lowest BCUT2D eigenvalue weighted by atomic mass is 9.98. The van der Waals surface area contributed by atoms with Crippen LogP contribution in [-0.2, 0) is 33.4 Å². The van der Waals surface area contributed by atoms with Gasteiger partial charge in [0, 0.05) is 82.1 Å². The molecule has 14 N–H and O–H groups in total. The highest BCUT2D eigenvalue weighted by Crippen LogP contribution is 2.35. The van der Waals surface area contributed by atoms with Gasteiger partial charge in [0.15, 0.2) is 0 Å². The molecule has 5 aromatic heterocycles. The van der Waals surface area contributed by atoms with Crippen LogP contribution in [0.4, 0.5) is 72.3 Å². The molecular weight excluding hydrogens is 1790 g/mol. The number of rotatable bonds is 20. The summed E-state index contributed by atoms with van der Waals surface area (Å²) < 4.78 is 147. The van der Waals surface area contributed by atoms with E-state index in [1.807, 2.05) is 0 Å². The third-order valence-corrected chi connectivity index (χ3v) is 23.9. The molecule has 25 nitrogen and oxygen atoms in total. The summed E-state index contributed by atoms with van der Waals surface area (Å²) in [7, 11) is 0. The zero-order valence-electron chi connectivity index (χ0n) is 72.4. The number of aromatic amines is 5. The van der Waals surface area contributed by atoms with Gasteiger partial charge in [-0.2, -0.15) is 25.5 Å². The third-order valence-electron chi connectivity index (χ3n) is 23.0. The molecule has 0 radical (unpaired) electrons. The highest BCUT2D eigenvalue weighted by Gasteiger charge is 2.38. The van der Waals surface area contributed by atoms with Crippen LogP contribution in [0.1, 0.15) is 120 Å². The molecule has 20 rings (SSSR count). The number of nitrogens with two attached hydrogens (primary N) is 1. The van der Waals surface area contributed by atoms with Crippen molar-refractivity contribution in [1.82, 2.24) is 61.6 Å². The molecule has 15 aromatic rings. The topological polar surface area (TPSA) is 357 Å². The number of nitrogens with one attached hydrogen (secondary N) is 12. The monoisotopic (exact) mass is 1870 g/mol. The molecule has 4 saturated heterocycles. The fraction of sp³-hybridized carbons (Fsp3) is 0.200. The number of benzene rings is 10. The van der Waals surface area contributed by atoms with Gasteiger partial charge in [-0.15, -0.1) is 11.8 Å². The van der Waals surface area contributed by atoms with Gasteiger partial charge in [0.2, 0.25) is 17.7 Å². The second-order valence-electron chi connectivity index (χ2n) is 32.6. The second-order valence-corrected chi connectivity index (χ2v) is 33.6. The molecule has 4 aliphatic heterocycles. The first-order chi connectivity index (χ1) is 65.8. The number of amides is 5. The minimum absolute atomic E-state index is 0.0760. The Bertz CT molecular complexity index is 6350. The van der Waals surface area contributed by atoms with Gasteiger partial charge in [-0.25, -0.2) is 43.9 Å². The summed E-state index contributed by atoms with van der Waals surface area (Å²) >= 11 is 1.62. The zero-order chi connectivity index (χ0) is 94.9. The van der Waals surface area contributed by atoms with Crippen molar-refractivity contribution in [3.05, 3.63) is 296 Å². The minimum Gasteiger partial charge on any atom is -0.368 e. The Morgan fingerprint density at radius 2 is 0.618 bits per heavy atom. The average Bonchev–Trinajstić information content (AvgIpc) is 1.66. The van der Waals surface area contributed by atoms with Gasteiger partial charge in [0.05, 0.1) is 102 Å². The lowest BCUT2D eigenvalue weighted by Gasteiger charge is -2.22. The van der Waals surface area contributed by atoms with Crippen LogP contribution in [0.2, 0.25) is 0 Å². The standard InChI is InChI=1S/C21H20F2N4O.C20H18F2N4O.2C20H17F2N3O2.C19H16F2N4OS/c22-14-6-3-13(4-7-14)5-8-17-15-11-19(16(23)12-18(15)27-26-17)25-20(28)21(24)9-1-2-10-21;21-13-6-3-12(4-7-13)5-8-16-14-10-19(15(22)11-18(14)26-25-16)24-20(27)17-2-1-9-23-17;2*21-13-6-3-12(4-7-13)5-8-16-14-10-18(15(22)11-17(14)25-24-16)23-20(26)19-2-1-9-27-19;20-12-4-1-11(2-5-12)3-6-15-13-7-17(14(21)8-16(13)25-24-15)23-19(26)18-9-27-10-22-18/h3-8,11-12H,1-2,9-10,24H2,(H,25,28)(H,26,27);3-8,10-11,17,23H,1-2,9H2,(H,24,27)(H,25,26);2*3-8,10-11,19H,1-2,9H2,(H,23,26)(H,24,25);1-8,18,22H,9-10H2,(H,23,26)(H,24,25)/b4*8-5+;6-3+/t;17-;;;18-/m.1..0/s1. The van der Waals surface area contributed by atoms with E-state index in [-0.39, 0.29) is 99.1 Å². The summed E-state index contributed by atoms with van der Waals surface area (Å²) in [5.41, 5.74) is 15.3. The number of nitrogens with zero attached hydrogens (tertiary/aromatic N) is 5. The highest BCUT2D eigenvalue weighted by atomic mass is 32.2. The van der Waals surface area contributed by atoms with Crippen LogP contribution in [0, 0.1) is 58.2 Å². The first kappa shape index (κ1) is 94.3. The van der Waals surface area contributed by atoms with Crippen molar-refractivity contribution in [3.8, 4) is 0 Å². The quantitative estimate of drug-likeness (QED) is 0.0315. The fourth-order valence-corrected chi connectivity index (χ4v) is 16.5. The van der Waals surface area contributed by atoms with Crippen molar-refractivity contribution in [2.45, 2.75) is 94.0 Å². The predicted octanol–water partition coefficient (Wildman–Crippen LogP) is 19.8. The number of hydrogen-bond acceptors (Lipinski definition) is 16. The first-order valence-corrected chi connectivity index (χ1v) is 44.7. The predicted molar refractivity (Wildman–Crippen MR) is 509 cm³/mol. The normalized spacial score (nSPS) is 16.8. The molecule has 1 saturated carbocycles. The Morgan fingerprint density at radius 3 is 0.875 bits per heavy atom. The van der Waals surface area contributed by atoms with E-state index < -0.39 is 46.8 Å². The Kier molecular flexibility index (Phi) is 30.1. The van der Waals surface area contributed by atoms with Crippen LogP contribution >= 0.6 is 11.8 Å². The SMILES string of the molecule is NC1(C(=O)Nc2cc3c(/C=C/c4ccc(F)cc4)n[nH]c3cc2F)CCCC1.O=C(Nc1cc2c(/C=C/c3ccc(F)cc3)n[nH]c2cc1F)C1CCCO1.O=C(Nc1cc2c(/C=C/c3ccc(F)cc3)n[nH]c2cc1F)C1CCCO1.O=C(Nc1cc2c(/C=C/c3ccc(F)cc3)n[nH]c2cc1F)[C@@H]1CSCN1.O=C(Nc1cc2c(/C=C/c3ccc(F)cc3)n[nH]c2cc1F)[C@H]1CCCN1. The van der Waals surface area contributed by atoms with Gasteiger partial charge >= 0.3 is 0 Å². The summed E-state index contributed by atoms with van der Waals surface area (Å²) in [4.78, 5) is 61.4. The minimum atomic E-state index is -0.941. The van der Waals surface area contributed by atoms with E-state index in [4.69, 9.17) is 15.2 Å². The van der Waals surface area contributed by atoms with Gasteiger partial charge in [-0.05, 0) is 207 Å². The summed E-state index contributed by atoms with van der Waals surface area (Å²) in [6, 6.07) is 43.9. The lowest BCUT2D eigenvalue weighted by molar-refractivity contribution is -0.125. The van der Waals surface area contributed by atoms with Gasteiger partial charge in [-0.1, -0.05) is 104 Å². The molecule has 1 aliphatic carbocycles. The molecule has 696 valence electrons. The van der Waals surface area contributed by atoms with Crippen molar-refractivity contribution in [2.24, 2.45) is 5.73 Å². The maximum atomic E-state index is 14.4. The van der Waals surface area contributed by atoms with Crippen LogP contribution in [0.15, 0.2) is 182 Å². The van der Waals surface area contributed by atoms with Crippen LogP contribution < -0.4 is 43.0 Å². The maximum absolute atomic E-state index is 14.4. The number of thioether (sulfide) groups is 1. The van der Waals surface area contributed by atoms with Crippen LogP contribution in [-0.4, -0.2) is 142 Å². The molecular formula is C100H88F10N18O7S. The van der Waals surface area contributed by atoms with Crippen LogP contribution in [0.3, 0.4) is 0 Å². The van der Waals surface area contributed by atoms with E-state index in [1.165, 1.54) is 91.0 Å². The molecule has 9 heterocycles. The zero-order valence-corrected chi connectivity index (χ0v) is 73.2. The fourth-order valence-electron chi connectivity index (χ4n) is 15.5. The summed E-state index contributed by atoms with van der Waals surface area (Å²) in [5.74, 6) is -4.42. The molecule has 5 fully saturated rings. The van der Waals surface area contributed by atoms with Crippen molar-refractivity contribution in [1.29, 1.82) is 0 Å². The van der Waals surface area contributed by atoms with E-state index in [0.29, 0.717) is 134 Å². The molecule has 36 heteroatoms. The maximum Gasteiger partial charge on any atom is 0.253 e. The largest absolute Gasteiger partial charge is 0.368 e. The molecule has 2 unspecified atom stereocenters. The second kappa shape index (κ2) is 43.4. The first-order valence-electron chi connectivity index (χ1n) is 43.5. The van der Waals surface area contributed by atoms with Gasteiger partial charge in [0.1, 0.15) is 70.4 Å². The number of aromatic nitrogens is 10. The molecule has 0 bridgehead atoms. The summed E-state index contributed by atoms with van der Waals surface area (Å²) in [6.07, 6.45) is 24.2. The number of carbonyl (C=O) groups excluding carboxylic acids is 5. The van der Waals surface area contributed by atoms with E-state index in [1.54, 1.807) is 164 Å². The average molecular weight is 1880 g/mol. The van der Waals surface area contributed by atoms with Crippen LogP contribution in [0.25, 0.3) is 115 Å². The van der Waals surface area contributed by atoms with Crippen molar-refractivity contribution in [3.63, 3.8) is 0 Å². The number of hydrogen-bond donors (Lipinski definition) is 13. The Hall–Kier alpha value is -15.0.